The second kappa shape index (κ2) is 8.31. The first-order valence-electron chi connectivity index (χ1n) is 8.50. The number of benzene rings is 2. The van der Waals surface area contributed by atoms with E-state index in [-0.39, 0.29) is 30.1 Å². The molecular formula is C20H16FN3O4. The first-order valence-corrected chi connectivity index (χ1v) is 8.50. The number of ether oxygens (including phenoxy) is 1. The van der Waals surface area contributed by atoms with Crippen molar-refractivity contribution < 1.29 is 23.5 Å². The third-order valence-electron chi connectivity index (χ3n) is 4.27. The zero-order valence-electron chi connectivity index (χ0n) is 14.7. The number of carbonyl (C=O) groups excluding carboxylic acids is 3. The molecule has 1 fully saturated rings. The van der Waals surface area contributed by atoms with Crippen molar-refractivity contribution in [1.29, 1.82) is 5.26 Å². The van der Waals surface area contributed by atoms with Crippen molar-refractivity contribution in [3.63, 3.8) is 0 Å². The van der Waals surface area contributed by atoms with Gasteiger partial charge in [-0.1, -0.05) is 24.3 Å². The molecule has 1 N–H and O–H groups in total. The molecule has 2 aromatic rings. The lowest BCUT2D eigenvalue weighted by atomic mass is 10.1. The van der Waals surface area contributed by atoms with Crippen molar-refractivity contribution in [2.75, 3.05) is 23.4 Å². The van der Waals surface area contributed by atoms with Gasteiger partial charge in [-0.15, -0.1) is 0 Å². The monoisotopic (exact) mass is 381 g/mol. The van der Waals surface area contributed by atoms with Gasteiger partial charge >= 0.3 is 5.97 Å². The Morgan fingerprint density at radius 1 is 1.21 bits per heavy atom. The zero-order valence-corrected chi connectivity index (χ0v) is 14.7. The summed E-state index contributed by atoms with van der Waals surface area (Å²) in [5.74, 6) is -3.05. The quantitative estimate of drug-likeness (QED) is 0.801. The van der Waals surface area contributed by atoms with Crippen LogP contribution in [0.2, 0.25) is 0 Å². The van der Waals surface area contributed by atoms with E-state index in [1.807, 2.05) is 6.07 Å². The van der Waals surface area contributed by atoms with Gasteiger partial charge in [0, 0.05) is 13.0 Å². The largest absolute Gasteiger partial charge is 0.455 e. The van der Waals surface area contributed by atoms with E-state index in [9.17, 15) is 18.8 Å². The Morgan fingerprint density at radius 3 is 2.68 bits per heavy atom. The van der Waals surface area contributed by atoms with E-state index < -0.39 is 30.2 Å². The minimum Gasteiger partial charge on any atom is -0.455 e. The SMILES string of the molecule is N#Cc1ccccc1NC(=O)COC(=O)[C@@H]1CC(=O)N(c2ccccc2F)C1. The fourth-order valence-electron chi connectivity index (χ4n) is 2.90. The molecule has 1 atom stereocenters. The van der Waals surface area contributed by atoms with Gasteiger partial charge in [0.1, 0.15) is 11.9 Å². The zero-order chi connectivity index (χ0) is 20.1. The van der Waals surface area contributed by atoms with Crippen molar-refractivity contribution in [2.45, 2.75) is 6.42 Å². The average Bonchev–Trinajstić information content (AvgIpc) is 3.08. The molecule has 0 radical (unpaired) electrons. The van der Waals surface area contributed by atoms with Gasteiger partial charge in [-0.05, 0) is 24.3 Å². The normalized spacial score (nSPS) is 15.8. The first-order chi connectivity index (χ1) is 13.5. The fourth-order valence-corrected chi connectivity index (χ4v) is 2.90. The van der Waals surface area contributed by atoms with Crippen LogP contribution in [0.15, 0.2) is 48.5 Å². The van der Waals surface area contributed by atoms with E-state index in [1.54, 1.807) is 30.3 Å². The third-order valence-corrected chi connectivity index (χ3v) is 4.27. The maximum Gasteiger partial charge on any atom is 0.311 e. The van der Waals surface area contributed by atoms with E-state index in [4.69, 9.17) is 10.00 Å². The highest BCUT2D eigenvalue weighted by atomic mass is 19.1. The highest BCUT2D eigenvalue weighted by Gasteiger charge is 2.37. The lowest BCUT2D eigenvalue weighted by Gasteiger charge is -2.17. The summed E-state index contributed by atoms with van der Waals surface area (Å²) in [6.45, 7) is -0.569. The van der Waals surface area contributed by atoms with Crippen LogP contribution in [0.3, 0.4) is 0 Å². The minimum atomic E-state index is -0.786. The molecular weight excluding hydrogens is 365 g/mol. The predicted molar refractivity (Wildman–Crippen MR) is 97.6 cm³/mol. The third kappa shape index (κ3) is 4.15. The van der Waals surface area contributed by atoms with Crippen LogP contribution in [0.25, 0.3) is 0 Å². The summed E-state index contributed by atoms with van der Waals surface area (Å²) in [5.41, 5.74) is 0.700. The minimum absolute atomic E-state index is 0.0164. The molecule has 3 rings (SSSR count). The molecule has 8 heteroatoms. The van der Waals surface area contributed by atoms with E-state index in [2.05, 4.69) is 5.32 Å². The summed E-state index contributed by atoms with van der Waals surface area (Å²) in [5, 5.41) is 11.5. The molecule has 0 saturated carbocycles. The smallest absolute Gasteiger partial charge is 0.311 e. The Balaban J connectivity index is 1.56. The Bertz CT molecular complexity index is 970. The lowest BCUT2D eigenvalue weighted by molar-refractivity contribution is -0.151. The van der Waals surface area contributed by atoms with E-state index in [1.165, 1.54) is 23.1 Å². The molecule has 0 bridgehead atoms. The van der Waals surface area contributed by atoms with Crippen LogP contribution in [0.5, 0.6) is 0 Å². The van der Waals surface area contributed by atoms with Crippen molar-refractivity contribution in [1.82, 2.24) is 0 Å². The number of hydrogen-bond donors (Lipinski definition) is 1. The molecule has 0 aromatic heterocycles. The van der Waals surface area contributed by atoms with Crippen LogP contribution in [-0.2, 0) is 19.1 Å². The topological polar surface area (TPSA) is 99.5 Å². The maximum atomic E-state index is 13.9. The highest BCUT2D eigenvalue weighted by Crippen LogP contribution is 2.27. The molecule has 0 unspecified atom stereocenters. The number of nitrogens with zero attached hydrogens (tertiary/aromatic N) is 2. The number of rotatable bonds is 5. The lowest BCUT2D eigenvalue weighted by Crippen LogP contribution is -2.28. The second-order valence-electron chi connectivity index (χ2n) is 6.17. The number of esters is 1. The summed E-state index contributed by atoms with van der Waals surface area (Å²) in [6.07, 6.45) is -0.119. The number of para-hydroxylation sites is 2. The van der Waals surface area contributed by atoms with Crippen molar-refractivity contribution in [2.24, 2.45) is 5.92 Å². The van der Waals surface area contributed by atoms with Crippen LogP contribution in [0.1, 0.15) is 12.0 Å². The summed E-state index contributed by atoms with van der Waals surface area (Å²) >= 11 is 0. The van der Waals surface area contributed by atoms with Crippen LogP contribution >= 0.6 is 0 Å². The molecule has 1 aliphatic heterocycles. The molecule has 2 amide bonds. The molecule has 28 heavy (non-hydrogen) atoms. The number of nitrogens with one attached hydrogen (secondary N) is 1. The van der Waals surface area contributed by atoms with Crippen LogP contribution < -0.4 is 10.2 Å². The summed E-state index contributed by atoms with van der Waals surface area (Å²) in [4.78, 5) is 37.5. The van der Waals surface area contributed by atoms with E-state index in [0.29, 0.717) is 5.69 Å². The van der Waals surface area contributed by atoms with Gasteiger partial charge in [-0.25, -0.2) is 4.39 Å². The van der Waals surface area contributed by atoms with Crippen LogP contribution in [-0.4, -0.2) is 30.9 Å². The summed E-state index contributed by atoms with van der Waals surface area (Å²) in [7, 11) is 0. The van der Waals surface area contributed by atoms with E-state index >= 15 is 0 Å². The second-order valence-corrected chi connectivity index (χ2v) is 6.17. The summed E-state index contributed by atoms with van der Waals surface area (Å²) < 4.78 is 18.9. The van der Waals surface area contributed by atoms with Gasteiger partial charge in [0.05, 0.1) is 22.9 Å². The number of amides is 2. The van der Waals surface area contributed by atoms with Gasteiger partial charge in [0.2, 0.25) is 5.91 Å². The maximum absolute atomic E-state index is 13.9. The van der Waals surface area contributed by atoms with Crippen LogP contribution in [0.4, 0.5) is 15.8 Å². The van der Waals surface area contributed by atoms with Crippen molar-refractivity contribution >= 4 is 29.2 Å². The number of hydrogen-bond acceptors (Lipinski definition) is 5. The van der Waals surface area contributed by atoms with E-state index in [0.717, 1.165) is 0 Å². The van der Waals surface area contributed by atoms with Gasteiger partial charge in [-0.3, -0.25) is 14.4 Å². The standard InChI is InChI=1S/C20H16FN3O4/c21-15-6-2-4-8-17(15)24-11-14(9-19(24)26)20(27)28-12-18(25)23-16-7-3-1-5-13(16)10-22/h1-8,14H,9,11-12H2,(H,23,25)/t14-/m1/s1. The molecule has 2 aromatic carbocycles. The number of carbonyl (C=O) groups is 3. The average molecular weight is 381 g/mol. The molecule has 1 heterocycles. The number of halogens is 1. The number of anilines is 2. The molecule has 1 aliphatic rings. The molecule has 1 saturated heterocycles. The fraction of sp³-hybridized carbons (Fsp3) is 0.200. The van der Waals surface area contributed by atoms with Crippen LogP contribution in [0, 0.1) is 23.1 Å². The van der Waals surface area contributed by atoms with Gasteiger partial charge in [-0.2, -0.15) is 5.26 Å². The van der Waals surface area contributed by atoms with Gasteiger partial charge in [0.15, 0.2) is 6.61 Å². The van der Waals surface area contributed by atoms with Gasteiger partial charge < -0.3 is 15.0 Å². The van der Waals surface area contributed by atoms with Crippen molar-refractivity contribution in [3.05, 3.63) is 59.9 Å². The molecule has 7 nitrogen and oxygen atoms in total. The molecule has 0 aliphatic carbocycles. The van der Waals surface area contributed by atoms with Gasteiger partial charge in [0.25, 0.3) is 5.91 Å². The Kier molecular flexibility index (Phi) is 5.65. The Labute approximate surface area is 160 Å². The predicted octanol–water partition coefficient (Wildman–Crippen LogP) is 2.23. The molecule has 0 spiro atoms. The first kappa shape index (κ1) is 19.0. The Morgan fingerprint density at radius 2 is 1.93 bits per heavy atom. The number of nitriles is 1. The summed E-state index contributed by atoms with van der Waals surface area (Å²) in [6, 6.07) is 14.2. The van der Waals surface area contributed by atoms with Crippen molar-refractivity contribution in [3.8, 4) is 6.07 Å². The Hall–Kier alpha value is -3.73. The molecule has 142 valence electrons. The highest BCUT2D eigenvalue weighted by molar-refractivity contribution is 6.00.